The zero-order valence-corrected chi connectivity index (χ0v) is 11.6. The van der Waals surface area contributed by atoms with E-state index in [-0.39, 0.29) is 12.3 Å². The number of likely N-dealkylation sites (tertiary alicyclic amines) is 1. The van der Waals surface area contributed by atoms with Crippen molar-refractivity contribution in [2.45, 2.75) is 57.8 Å². The van der Waals surface area contributed by atoms with Gasteiger partial charge in [-0.15, -0.1) is 0 Å². The van der Waals surface area contributed by atoms with Crippen LogP contribution < -0.4 is 0 Å². The van der Waals surface area contributed by atoms with Crippen LogP contribution in [0.25, 0.3) is 0 Å². The zero-order chi connectivity index (χ0) is 13.7. The Balaban J connectivity index is 1.72. The van der Waals surface area contributed by atoms with Crippen molar-refractivity contribution in [3.63, 3.8) is 0 Å². The van der Waals surface area contributed by atoms with Crippen molar-refractivity contribution in [2.75, 3.05) is 13.1 Å². The molecule has 1 heterocycles. The lowest BCUT2D eigenvalue weighted by molar-refractivity contribution is -0.139. The van der Waals surface area contributed by atoms with Gasteiger partial charge in [-0.2, -0.15) is 0 Å². The molecule has 0 aromatic heterocycles. The molecule has 2 aliphatic rings. The molecule has 2 fully saturated rings. The highest BCUT2D eigenvalue weighted by atomic mass is 16.4. The quantitative estimate of drug-likeness (QED) is 0.852. The third kappa shape index (κ3) is 4.22. The molecule has 0 aromatic rings. The molecule has 1 saturated heterocycles. The van der Waals surface area contributed by atoms with Crippen molar-refractivity contribution >= 4 is 11.9 Å². The lowest BCUT2D eigenvalue weighted by atomic mass is 9.86. The Morgan fingerprint density at radius 1 is 1.00 bits per heavy atom. The number of carboxylic acids is 1. The summed E-state index contributed by atoms with van der Waals surface area (Å²) in [5.74, 6) is 0.410. The van der Waals surface area contributed by atoms with Crippen LogP contribution >= 0.6 is 0 Å². The van der Waals surface area contributed by atoms with Crippen molar-refractivity contribution in [3.05, 3.63) is 0 Å². The summed E-state index contributed by atoms with van der Waals surface area (Å²) >= 11 is 0. The minimum absolute atomic E-state index is 0.265. The molecule has 1 saturated carbocycles. The molecule has 108 valence electrons. The normalized spacial score (nSPS) is 22.4. The average Bonchev–Trinajstić information content (AvgIpc) is 2.46. The van der Waals surface area contributed by atoms with Gasteiger partial charge in [-0.1, -0.05) is 19.3 Å². The number of rotatable bonds is 4. The van der Waals surface area contributed by atoms with Crippen LogP contribution in [0.15, 0.2) is 0 Å². The van der Waals surface area contributed by atoms with Gasteiger partial charge < -0.3 is 10.0 Å². The lowest BCUT2D eigenvalue weighted by Gasteiger charge is -2.35. The van der Waals surface area contributed by atoms with Gasteiger partial charge in [0.2, 0.25) is 5.91 Å². The molecule has 1 N–H and O–H groups in total. The predicted molar refractivity (Wildman–Crippen MR) is 72.7 cm³/mol. The number of carboxylic acid groups (broad SMARTS) is 1. The average molecular weight is 267 g/mol. The Morgan fingerprint density at radius 3 is 2.21 bits per heavy atom. The standard InChI is InChI=1S/C15H25NO3/c17-14(18)7-6-12-8-10-16(11-9-12)15(19)13-4-2-1-3-5-13/h12-13H,1-11H2,(H,17,18). The zero-order valence-electron chi connectivity index (χ0n) is 11.6. The fraction of sp³-hybridized carbons (Fsp3) is 0.867. The summed E-state index contributed by atoms with van der Waals surface area (Å²) in [5.41, 5.74) is 0. The van der Waals surface area contributed by atoms with Gasteiger partial charge in [0.1, 0.15) is 0 Å². The minimum atomic E-state index is -0.708. The van der Waals surface area contributed by atoms with E-state index in [1.807, 2.05) is 4.90 Å². The minimum Gasteiger partial charge on any atom is -0.481 e. The molecule has 19 heavy (non-hydrogen) atoms. The van der Waals surface area contributed by atoms with Crippen LogP contribution in [0, 0.1) is 11.8 Å². The molecule has 0 aromatic carbocycles. The number of hydrogen-bond acceptors (Lipinski definition) is 2. The van der Waals surface area contributed by atoms with E-state index in [0.29, 0.717) is 11.8 Å². The van der Waals surface area contributed by atoms with E-state index in [4.69, 9.17) is 5.11 Å². The Bertz CT molecular complexity index is 315. The number of carbonyl (C=O) groups excluding carboxylic acids is 1. The molecule has 1 amide bonds. The highest BCUT2D eigenvalue weighted by Crippen LogP contribution is 2.28. The van der Waals surface area contributed by atoms with Crippen LogP contribution in [0.4, 0.5) is 0 Å². The van der Waals surface area contributed by atoms with E-state index in [1.54, 1.807) is 0 Å². The summed E-state index contributed by atoms with van der Waals surface area (Å²) in [5, 5.41) is 8.69. The van der Waals surface area contributed by atoms with Crippen molar-refractivity contribution in [2.24, 2.45) is 11.8 Å². The highest BCUT2D eigenvalue weighted by molar-refractivity contribution is 5.79. The van der Waals surface area contributed by atoms with E-state index in [1.165, 1.54) is 19.3 Å². The van der Waals surface area contributed by atoms with Crippen molar-refractivity contribution < 1.29 is 14.7 Å². The van der Waals surface area contributed by atoms with E-state index in [9.17, 15) is 9.59 Å². The Kier molecular flexibility index (Phi) is 5.23. The molecule has 0 atom stereocenters. The second kappa shape index (κ2) is 6.92. The molecular weight excluding hydrogens is 242 g/mol. The topological polar surface area (TPSA) is 57.6 Å². The fourth-order valence-corrected chi connectivity index (χ4v) is 3.38. The maximum absolute atomic E-state index is 12.4. The molecule has 4 nitrogen and oxygen atoms in total. The van der Waals surface area contributed by atoms with Gasteiger partial charge in [0.05, 0.1) is 0 Å². The number of piperidine rings is 1. The number of aliphatic carboxylic acids is 1. The van der Waals surface area contributed by atoms with Gasteiger partial charge in [-0.05, 0) is 38.0 Å². The van der Waals surface area contributed by atoms with Gasteiger partial charge >= 0.3 is 5.97 Å². The molecule has 2 rings (SSSR count). The first-order valence-corrected chi connectivity index (χ1v) is 7.67. The highest BCUT2D eigenvalue weighted by Gasteiger charge is 2.29. The third-order valence-corrected chi connectivity index (χ3v) is 4.65. The second-order valence-electron chi connectivity index (χ2n) is 6.04. The number of amides is 1. The molecule has 0 unspecified atom stereocenters. The Labute approximate surface area is 115 Å². The first-order chi connectivity index (χ1) is 9.16. The van der Waals surface area contributed by atoms with Gasteiger partial charge in [0.25, 0.3) is 0 Å². The van der Waals surface area contributed by atoms with Crippen LogP contribution in [0.3, 0.4) is 0 Å². The van der Waals surface area contributed by atoms with Crippen molar-refractivity contribution in [1.82, 2.24) is 4.90 Å². The molecule has 4 heteroatoms. The van der Waals surface area contributed by atoms with Gasteiger partial charge in [0, 0.05) is 25.4 Å². The molecule has 1 aliphatic heterocycles. The second-order valence-corrected chi connectivity index (χ2v) is 6.04. The van der Waals surface area contributed by atoms with Gasteiger partial charge in [-0.25, -0.2) is 0 Å². The number of carbonyl (C=O) groups is 2. The maximum Gasteiger partial charge on any atom is 0.303 e. The molecule has 1 aliphatic carbocycles. The molecular formula is C15H25NO3. The summed E-state index contributed by atoms with van der Waals surface area (Å²) in [7, 11) is 0. The van der Waals surface area contributed by atoms with Crippen LogP contribution in [0.2, 0.25) is 0 Å². The summed E-state index contributed by atoms with van der Waals surface area (Å²) < 4.78 is 0. The predicted octanol–water partition coefficient (Wildman–Crippen LogP) is 2.67. The summed E-state index contributed by atoms with van der Waals surface area (Å²) in [6, 6.07) is 0. The maximum atomic E-state index is 12.4. The summed E-state index contributed by atoms with van der Waals surface area (Å²) in [4.78, 5) is 24.9. The van der Waals surface area contributed by atoms with Crippen LogP contribution in [-0.2, 0) is 9.59 Å². The van der Waals surface area contributed by atoms with Gasteiger partial charge in [-0.3, -0.25) is 9.59 Å². The van der Waals surface area contributed by atoms with Crippen LogP contribution in [0.5, 0.6) is 0 Å². The van der Waals surface area contributed by atoms with E-state index in [0.717, 1.165) is 45.2 Å². The first-order valence-electron chi connectivity index (χ1n) is 7.67. The van der Waals surface area contributed by atoms with E-state index in [2.05, 4.69) is 0 Å². The monoisotopic (exact) mass is 267 g/mol. The Hall–Kier alpha value is -1.06. The van der Waals surface area contributed by atoms with E-state index >= 15 is 0 Å². The van der Waals surface area contributed by atoms with Crippen LogP contribution in [-0.4, -0.2) is 35.0 Å². The largest absolute Gasteiger partial charge is 0.481 e. The number of nitrogens with zero attached hydrogens (tertiary/aromatic N) is 1. The lowest BCUT2D eigenvalue weighted by Crippen LogP contribution is -2.42. The smallest absolute Gasteiger partial charge is 0.303 e. The SMILES string of the molecule is O=C(O)CCC1CCN(C(=O)C2CCCCC2)CC1. The summed E-state index contributed by atoms with van der Waals surface area (Å²) in [6.07, 6.45) is 8.80. The van der Waals surface area contributed by atoms with Crippen LogP contribution in [0.1, 0.15) is 57.8 Å². The first kappa shape index (κ1) is 14.4. The fourth-order valence-electron chi connectivity index (χ4n) is 3.38. The molecule has 0 radical (unpaired) electrons. The molecule has 0 bridgehead atoms. The van der Waals surface area contributed by atoms with Crippen molar-refractivity contribution in [1.29, 1.82) is 0 Å². The van der Waals surface area contributed by atoms with Gasteiger partial charge in [0.15, 0.2) is 0 Å². The van der Waals surface area contributed by atoms with Crippen molar-refractivity contribution in [3.8, 4) is 0 Å². The number of hydrogen-bond donors (Lipinski definition) is 1. The third-order valence-electron chi connectivity index (χ3n) is 4.65. The van der Waals surface area contributed by atoms with E-state index < -0.39 is 5.97 Å². The Morgan fingerprint density at radius 2 is 1.63 bits per heavy atom. The molecule has 0 spiro atoms. The summed E-state index contributed by atoms with van der Waals surface area (Å²) in [6.45, 7) is 1.67.